The summed E-state index contributed by atoms with van der Waals surface area (Å²) in [6.07, 6.45) is 9.96. The highest BCUT2D eigenvalue weighted by molar-refractivity contribution is 5.87. The lowest BCUT2D eigenvalue weighted by atomic mass is 9.86. The average molecular weight is 282 g/mol. The Kier molecular flexibility index (Phi) is 9.56. The molecule has 0 atom stereocenters. The largest absolute Gasteiger partial charge is 0.342 e. The number of unbranched alkanes of at least 4 members (excludes halogenated alkanes) is 3. The molecule has 20 heavy (non-hydrogen) atoms. The van der Waals surface area contributed by atoms with Gasteiger partial charge in [-0.3, -0.25) is 4.79 Å². The molecule has 0 aromatic rings. The van der Waals surface area contributed by atoms with Gasteiger partial charge in [-0.15, -0.1) is 0 Å². The Balaban J connectivity index is 4.11. The van der Waals surface area contributed by atoms with E-state index in [0.717, 1.165) is 13.1 Å². The second-order valence-electron chi connectivity index (χ2n) is 6.83. The number of amides is 1. The minimum atomic E-state index is 0.105. The van der Waals surface area contributed by atoms with E-state index in [9.17, 15) is 4.79 Å². The molecule has 0 heterocycles. The van der Waals surface area contributed by atoms with Crippen LogP contribution >= 0.6 is 0 Å². The van der Waals surface area contributed by atoms with E-state index in [0.29, 0.717) is 0 Å². The van der Waals surface area contributed by atoms with Crippen molar-refractivity contribution in [2.75, 3.05) is 34.2 Å². The van der Waals surface area contributed by atoms with Gasteiger partial charge >= 0.3 is 0 Å². The van der Waals surface area contributed by atoms with Crippen LogP contribution in [0.3, 0.4) is 0 Å². The summed E-state index contributed by atoms with van der Waals surface area (Å²) < 4.78 is 0. The highest BCUT2D eigenvalue weighted by Crippen LogP contribution is 2.25. The van der Waals surface area contributed by atoms with Gasteiger partial charge in [-0.25, -0.2) is 0 Å². The van der Waals surface area contributed by atoms with E-state index in [2.05, 4.69) is 20.8 Å². The number of carbonyl (C=O) groups excluding carboxylic acids is 1. The number of rotatable bonds is 10. The van der Waals surface area contributed by atoms with Crippen LogP contribution in [0.5, 0.6) is 0 Å². The van der Waals surface area contributed by atoms with Crippen LogP contribution in [0.15, 0.2) is 12.2 Å². The summed E-state index contributed by atoms with van der Waals surface area (Å²) in [4.78, 5) is 15.9. The van der Waals surface area contributed by atoms with Crippen LogP contribution in [0, 0.1) is 5.41 Å². The Morgan fingerprint density at radius 2 is 1.75 bits per heavy atom. The predicted molar refractivity (Wildman–Crippen MR) is 87.9 cm³/mol. The van der Waals surface area contributed by atoms with Crippen molar-refractivity contribution in [1.29, 1.82) is 0 Å². The number of nitrogens with zero attached hydrogens (tertiary/aromatic N) is 2. The lowest BCUT2D eigenvalue weighted by Gasteiger charge is -2.30. The second-order valence-corrected chi connectivity index (χ2v) is 6.83. The summed E-state index contributed by atoms with van der Waals surface area (Å²) in [5.41, 5.74) is 0.202. The zero-order chi connectivity index (χ0) is 15.6. The quantitative estimate of drug-likeness (QED) is 0.452. The molecular weight excluding hydrogens is 248 g/mol. The molecule has 0 radical (unpaired) electrons. The van der Waals surface area contributed by atoms with Gasteiger partial charge in [-0.05, 0) is 25.9 Å². The van der Waals surface area contributed by atoms with Gasteiger partial charge in [0.15, 0.2) is 0 Å². The molecule has 0 aliphatic carbocycles. The van der Waals surface area contributed by atoms with E-state index in [1.54, 1.807) is 6.08 Å². The van der Waals surface area contributed by atoms with Crippen LogP contribution in [-0.2, 0) is 4.79 Å². The summed E-state index contributed by atoms with van der Waals surface area (Å²) in [5.74, 6) is 0.105. The molecule has 0 aliphatic rings. The van der Waals surface area contributed by atoms with E-state index >= 15 is 0 Å². The van der Waals surface area contributed by atoms with Gasteiger partial charge in [-0.2, -0.15) is 0 Å². The Hall–Kier alpha value is -0.830. The molecule has 0 bridgehead atoms. The molecular formula is C17H34N2O. The van der Waals surface area contributed by atoms with Crippen LogP contribution in [0.1, 0.15) is 52.9 Å². The Morgan fingerprint density at radius 1 is 1.10 bits per heavy atom. The van der Waals surface area contributed by atoms with Gasteiger partial charge in [0.2, 0.25) is 5.91 Å². The topological polar surface area (TPSA) is 23.6 Å². The molecule has 3 nitrogen and oxygen atoms in total. The van der Waals surface area contributed by atoms with Crippen molar-refractivity contribution in [3.8, 4) is 0 Å². The van der Waals surface area contributed by atoms with Crippen LogP contribution in [-0.4, -0.2) is 49.9 Å². The third kappa shape index (κ3) is 10.0. The first kappa shape index (κ1) is 19.2. The van der Waals surface area contributed by atoms with E-state index in [1.165, 1.54) is 32.1 Å². The fraction of sp³-hybridized carbons (Fsp3) is 0.824. The van der Waals surface area contributed by atoms with Crippen molar-refractivity contribution >= 4 is 5.91 Å². The standard InChI is InChI=1S/C17H34N2O/c1-7-8-9-10-13-17(2,3)15-19(6)16(20)12-11-14-18(4)5/h11-12H,7-10,13-15H2,1-6H3/b12-11+. The fourth-order valence-electron chi connectivity index (χ4n) is 2.32. The maximum absolute atomic E-state index is 12.0. The summed E-state index contributed by atoms with van der Waals surface area (Å²) in [6, 6.07) is 0. The number of hydrogen-bond donors (Lipinski definition) is 0. The summed E-state index contributed by atoms with van der Waals surface area (Å²) >= 11 is 0. The number of carbonyl (C=O) groups is 1. The van der Waals surface area contributed by atoms with E-state index in [-0.39, 0.29) is 11.3 Å². The van der Waals surface area contributed by atoms with Gasteiger partial charge in [0.1, 0.15) is 0 Å². The van der Waals surface area contributed by atoms with Crippen molar-refractivity contribution in [2.24, 2.45) is 5.41 Å². The first-order valence-electron chi connectivity index (χ1n) is 7.85. The van der Waals surface area contributed by atoms with Gasteiger partial charge in [0, 0.05) is 26.2 Å². The van der Waals surface area contributed by atoms with Crippen molar-refractivity contribution in [2.45, 2.75) is 52.9 Å². The third-order valence-corrected chi connectivity index (χ3v) is 3.48. The minimum absolute atomic E-state index is 0.105. The highest BCUT2D eigenvalue weighted by atomic mass is 16.2. The molecule has 0 aliphatic heterocycles. The lowest BCUT2D eigenvalue weighted by Crippen LogP contribution is -2.35. The maximum atomic E-state index is 12.0. The predicted octanol–water partition coefficient (Wildman–Crippen LogP) is 3.56. The van der Waals surface area contributed by atoms with E-state index in [1.807, 2.05) is 37.0 Å². The van der Waals surface area contributed by atoms with Crippen molar-refractivity contribution in [3.63, 3.8) is 0 Å². The molecule has 0 unspecified atom stereocenters. The van der Waals surface area contributed by atoms with Gasteiger partial charge in [0.25, 0.3) is 0 Å². The van der Waals surface area contributed by atoms with Gasteiger partial charge < -0.3 is 9.80 Å². The average Bonchev–Trinajstić information content (AvgIpc) is 2.33. The highest BCUT2D eigenvalue weighted by Gasteiger charge is 2.21. The van der Waals surface area contributed by atoms with Crippen LogP contribution in [0.25, 0.3) is 0 Å². The minimum Gasteiger partial charge on any atom is -0.342 e. The zero-order valence-corrected chi connectivity index (χ0v) is 14.4. The molecule has 0 aromatic carbocycles. The second kappa shape index (κ2) is 9.98. The maximum Gasteiger partial charge on any atom is 0.246 e. The summed E-state index contributed by atoms with van der Waals surface area (Å²) in [7, 11) is 5.89. The fourth-order valence-corrected chi connectivity index (χ4v) is 2.32. The molecule has 0 N–H and O–H groups in total. The van der Waals surface area contributed by atoms with E-state index in [4.69, 9.17) is 0 Å². The molecule has 3 heteroatoms. The molecule has 0 saturated carbocycles. The Bertz CT molecular complexity index is 295. The van der Waals surface area contributed by atoms with Gasteiger partial charge in [0.05, 0.1) is 0 Å². The SMILES string of the molecule is CCCCCCC(C)(C)CN(C)C(=O)/C=C/CN(C)C. The van der Waals surface area contributed by atoms with Crippen molar-refractivity contribution in [1.82, 2.24) is 9.80 Å². The van der Waals surface area contributed by atoms with Crippen LogP contribution < -0.4 is 0 Å². The number of hydrogen-bond acceptors (Lipinski definition) is 2. The van der Waals surface area contributed by atoms with Gasteiger partial charge in [-0.1, -0.05) is 52.5 Å². The third-order valence-electron chi connectivity index (χ3n) is 3.48. The normalized spacial score (nSPS) is 12.3. The van der Waals surface area contributed by atoms with Crippen molar-refractivity contribution < 1.29 is 4.79 Å². The Labute approximate surface area is 126 Å². The summed E-state index contributed by atoms with van der Waals surface area (Å²) in [5, 5.41) is 0. The molecule has 0 fully saturated rings. The first-order valence-corrected chi connectivity index (χ1v) is 7.85. The molecule has 0 spiro atoms. The molecule has 118 valence electrons. The number of likely N-dealkylation sites (N-methyl/N-ethyl adjacent to an activating group) is 2. The molecule has 1 amide bonds. The monoisotopic (exact) mass is 282 g/mol. The zero-order valence-electron chi connectivity index (χ0n) is 14.4. The smallest absolute Gasteiger partial charge is 0.246 e. The van der Waals surface area contributed by atoms with Crippen molar-refractivity contribution in [3.05, 3.63) is 12.2 Å². The first-order chi connectivity index (χ1) is 9.28. The van der Waals surface area contributed by atoms with Crippen LogP contribution in [0.4, 0.5) is 0 Å². The van der Waals surface area contributed by atoms with Crippen LogP contribution in [0.2, 0.25) is 0 Å². The molecule has 0 saturated heterocycles. The molecule has 0 aromatic heterocycles. The Morgan fingerprint density at radius 3 is 2.30 bits per heavy atom. The summed E-state index contributed by atoms with van der Waals surface area (Å²) in [6.45, 7) is 8.38. The lowest BCUT2D eigenvalue weighted by molar-refractivity contribution is -0.126. The molecule has 0 rings (SSSR count). The van der Waals surface area contributed by atoms with E-state index < -0.39 is 0 Å².